The number of phosphoric acid groups is 1. The van der Waals surface area contributed by atoms with Gasteiger partial charge in [-0.15, -0.1) is 0 Å². The zero-order valence-electron chi connectivity index (χ0n) is 75.0. The molecule has 0 aromatic carbocycles. The minimum absolute atomic E-state index is 0.0154. The summed E-state index contributed by atoms with van der Waals surface area (Å²) in [5, 5.41) is 103. The standard InChI is InChI=1S/C93H173O25P/c1-7-11-15-19-23-25-27-29-30-32-34-36-38-49-57-65-78(97)112-73(68-109-76(95)63-55-47-37-35-33-31-28-26-24-20-16-12-8-2)69-111-119(107,108)118-91-89(116-92-86(105)82(101)80(99)74(67-94)113-92)85(104)84(103)88(115-79(98)66-58-50-42-40-46-54-62-72(6)60-52-44-22-18-14-10-4)90(91)117-93-87(106)83(102)81(100)75(114-93)70-110-77(96)64-56-48-41-39-45-53-61-71(5)59-51-43-21-17-13-9-3/h25,27,71-75,80-94,99-106H,7-24,26,28-70H2,1-6H3,(H,107,108)/b27-25-. The molecule has 2 saturated heterocycles. The Morgan fingerprint density at radius 3 is 1.09 bits per heavy atom. The second-order valence-corrected chi connectivity index (χ2v) is 36.5. The quantitative estimate of drug-likeness (QED) is 0.00889. The molecule has 20 atom stereocenters. The van der Waals surface area contributed by atoms with Crippen molar-refractivity contribution in [2.24, 2.45) is 11.8 Å². The van der Waals surface area contributed by atoms with Crippen LogP contribution in [-0.4, -0.2) is 205 Å². The highest BCUT2D eigenvalue weighted by atomic mass is 31.2. The predicted molar refractivity (Wildman–Crippen MR) is 462 cm³/mol. The Balaban J connectivity index is 1.93. The van der Waals surface area contributed by atoms with Gasteiger partial charge in [0, 0.05) is 25.7 Å². The van der Waals surface area contributed by atoms with Crippen LogP contribution < -0.4 is 0 Å². The number of rotatable bonds is 77. The Bertz CT molecular complexity index is 2550. The number of phosphoric ester groups is 1. The molecule has 0 aromatic heterocycles. The van der Waals surface area contributed by atoms with Gasteiger partial charge in [-0.3, -0.25) is 28.2 Å². The van der Waals surface area contributed by atoms with Crippen LogP contribution >= 0.6 is 7.82 Å². The first-order chi connectivity index (χ1) is 57.5. The molecule has 3 rings (SSSR count). The summed E-state index contributed by atoms with van der Waals surface area (Å²) in [7, 11) is -5.81. The summed E-state index contributed by atoms with van der Waals surface area (Å²) < 4.78 is 73.6. The predicted octanol–water partition coefficient (Wildman–Crippen LogP) is 18.0. The van der Waals surface area contributed by atoms with Crippen molar-refractivity contribution >= 4 is 31.7 Å². The molecule has 3 fully saturated rings. The van der Waals surface area contributed by atoms with E-state index in [0.717, 1.165) is 141 Å². The van der Waals surface area contributed by atoms with E-state index >= 15 is 0 Å². The summed E-state index contributed by atoms with van der Waals surface area (Å²) >= 11 is 0. The maximum atomic E-state index is 14.9. The second-order valence-electron chi connectivity index (χ2n) is 35.1. The van der Waals surface area contributed by atoms with Gasteiger partial charge in [-0.25, -0.2) is 4.57 Å². The number of allylic oxidation sites excluding steroid dienone is 2. The summed E-state index contributed by atoms with van der Waals surface area (Å²) in [5.41, 5.74) is 0. The highest BCUT2D eigenvalue weighted by Crippen LogP contribution is 2.49. The zero-order chi connectivity index (χ0) is 87.1. The van der Waals surface area contributed by atoms with Gasteiger partial charge in [0.15, 0.2) is 24.8 Å². The summed E-state index contributed by atoms with van der Waals surface area (Å²) in [6.45, 7) is 10.2. The monoisotopic (exact) mass is 1720 g/mol. The second kappa shape index (κ2) is 70.3. The third-order valence-corrected chi connectivity index (χ3v) is 25.0. The molecule has 0 radical (unpaired) electrons. The number of carbonyl (C=O) groups is 4. The molecule has 20 unspecified atom stereocenters. The van der Waals surface area contributed by atoms with Gasteiger partial charge in [-0.2, -0.15) is 0 Å². The molecule has 700 valence electrons. The lowest BCUT2D eigenvalue weighted by molar-refractivity contribution is -0.360. The van der Waals surface area contributed by atoms with Gasteiger partial charge in [-0.05, 0) is 63.2 Å². The normalized spacial score (nSPS) is 25.4. The molecule has 119 heavy (non-hydrogen) atoms. The van der Waals surface area contributed by atoms with E-state index in [4.69, 9.17) is 46.9 Å². The number of hydrogen-bond donors (Lipinski definition) is 10. The summed E-state index contributed by atoms with van der Waals surface area (Å²) in [6.07, 6.45) is 26.3. The molecule has 0 spiro atoms. The number of aliphatic hydroxyl groups excluding tert-OH is 9. The molecule has 0 aromatic rings. The fraction of sp³-hybridized carbons (Fsp3) is 0.935. The Hall–Kier alpha value is -2.79. The zero-order valence-corrected chi connectivity index (χ0v) is 75.9. The van der Waals surface area contributed by atoms with Crippen LogP contribution in [0.2, 0.25) is 0 Å². The summed E-state index contributed by atoms with van der Waals surface area (Å²) in [5.74, 6) is -1.65. The lowest BCUT2D eigenvalue weighted by Crippen LogP contribution is -2.70. The van der Waals surface area contributed by atoms with Crippen LogP contribution in [0.15, 0.2) is 12.2 Å². The van der Waals surface area contributed by atoms with Crippen molar-refractivity contribution in [2.45, 2.75) is 518 Å². The molecule has 1 saturated carbocycles. The topological polar surface area (TPSA) is 380 Å². The molecule has 3 aliphatic rings. The van der Waals surface area contributed by atoms with Gasteiger partial charge in [0.25, 0.3) is 0 Å². The van der Waals surface area contributed by atoms with Gasteiger partial charge in [-0.1, -0.05) is 349 Å². The first-order valence-electron chi connectivity index (χ1n) is 48.2. The molecule has 2 heterocycles. The summed E-state index contributed by atoms with van der Waals surface area (Å²) in [4.78, 5) is 66.6. The molecule has 1 aliphatic carbocycles. The minimum atomic E-state index is -5.81. The maximum Gasteiger partial charge on any atom is 0.472 e. The SMILES string of the molecule is CCCCCC/C=C\CCCCCCCCCC(=O)OC(COC(=O)CCCCCCCCCCCCCCC)COP(=O)(O)OC1C(OC2OC(CO)C(O)C(O)C2O)C(O)C(O)C(OC(=O)CCCCCCCCC(C)CCCCCCCC)C1OC1OC(COC(=O)CCCCCCCCC(C)CCCCCCCC)C(O)C(O)C1O. The van der Waals surface area contributed by atoms with E-state index in [-0.39, 0.29) is 25.7 Å². The smallest absolute Gasteiger partial charge is 0.463 e. The Morgan fingerprint density at radius 2 is 0.681 bits per heavy atom. The fourth-order valence-corrected chi connectivity index (χ4v) is 17.2. The molecular formula is C93H173O25P. The maximum absolute atomic E-state index is 14.9. The molecule has 25 nitrogen and oxygen atoms in total. The van der Waals surface area contributed by atoms with Crippen molar-refractivity contribution in [1.29, 1.82) is 0 Å². The average Bonchev–Trinajstić information content (AvgIpc) is 0.754. The Kier molecular flexibility index (Phi) is 65.2. The third-order valence-electron chi connectivity index (χ3n) is 24.1. The van der Waals surface area contributed by atoms with E-state index in [1.54, 1.807) is 0 Å². The Labute approximate surface area is 718 Å². The van der Waals surface area contributed by atoms with Crippen molar-refractivity contribution in [3.8, 4) is 0 Å². The third kappa shape index (κ3) is 51.0. The highest BCUT2D eigenvalue weighted by molar-refractivity contribution is 7.47. The van der Waals surface area contributed by atoms with E-state index in [1.807, 2.05) is 0 Å². The van der Waals surface area contributed by atoms with Crippen LogP contribution in [0.1, 0.15) is 414 Å². The van der Waals surface area contributed by atoms with Crippen LogP contribution in [0.5, 0.6) is 0 Å². The fourth-order valence-electron chi connectivity index (χ4n) is 16.2. The van der Waals surface area contributed by atoms with Crippen LogP contribution in [-0.2, 0) is 70.7 Å². The summed E-state index contributed by atoms with van der Waals surface area (Å²) in [6, 6.07) is 0. The first-order valence-corrected chi connectivity index (χ1v) is 49.7. The van der Waals surface area contributed by atoms with E-state index < -0.39 is 162 Å². The lowest BCUT2D eigenvalue weighted by atomic mass is 9.84. The van der Waals surface area contributed by atoms with Gasteiger partial charge in [0.2, 0.25) is 0 Å². The van der Waals surface area contributed by atoms with Gasteiger partial charge >= 0.3 is 31.7 Å². The number of unbranched alkanes of at least 4 members (excludes halogenated alkanes) is 43. The molecule has 10 N–H and O–H groups in total. The van der Waals surface area contributed by atoms with Gasteiger partial charge in [0.05, 0.1) is 13.2 Å². The van der Waals surface area contributed by atoms with E-state index in [9.17, 15) is 74.6 Å². The number of ether oxygens (including phenoxy) is 8. The van der Waals surface area contributed by atoms with Crippen molar-refractivity contribution in [3.05, 3.63) is 12.2 Å². The average molecular weight is 1720 g/mol. The lowest BCUT2D eigenvalue weighted by Gasteiger charge is -2.50. The number of carbonyl (C=O) groups excluding carboxylic acids is 4. The first kappa shape index (κ1) is 110. The molecular weight excluding hydrogens is 1550 g/mol. The Morgan fingerprint density at radius 1 is 0.353 bits per heavy atom. The van der Waals surface area contributed by atoms with Crippen molar-refractivity contribution in [2.75, 3.05) is 26.4 Å². The van der Waals surface area contributed by atoms with Crippen LogP contribution in [0.4, 0.5) is 0 Å². The number of hydrogen-bond acceptors (Lipinski definition) is 24. The van der Waals surface area contributed by atoms with E-state index in [0.29, 0.717) is 50.4 Å². The van der Waals surface area contributed by atoms with Crippen molar-refractivity contribution in [3.63, 3.8) is 0 Å². The van der Waals surface area contributed by atoms with Gasteiger partial charge < -0.3 is 88.7 Å². The number of aliphatic hydroxyl groups is 9. The minimum Gasteiger partial charge on any atom is -0.463 e. The largest absolute Gasteiger partial charge is 0.472 e. The van der Waals surface area contributed by atoms with Crippen LogP contribution in [0.3, 0.4) is 0 Å². The number of esters is 4. The molecule has 26 heteroatoms. The van der Waals surface area contributed by atoms with Crippen LogP contribution in [0, 0.1) is 11.8 Å². The molecule has 0 bridgehead atoms. The highest BCUT2D eigenvalue weighted by Gasteiger charge is 2.60. The van der Waals surface area contributed by atoms with E-state index in [2.05, 4.69) is 53.7 Å². The molecule has 2 aliphatic heterocycles. The van der Waals surface area contributed by atoms with Crippen molar-refractivity contribution < 1.29 is 122 Å². The van der Waals surface area contributed by atoms with Crippen LogP contribution in [0.25, 0.3) is 0 Å². The molecule has 0 amide bonds. The van der Waals surface area contributed by atoms with Crippen molar-refractivity contribution in [1.82, 2.24) is 0 Å². The van der Waals surface area contributed by atoms with Gasteiger partial charge in [0.1, 0.15) is 92.6 Å². The van der Waals surface area contributed by atoms with E-state index in [1.165, 1.54) is 167 Å².